The molecule has 20 heavy (non-hydrogen) atoms. The standard InChI is InChI=1S/C10H14N2O5S3/c1-19(13,14)17-9-3-2-4-10(11-9)20(15,16)12-5-7-18-8-6-12/h2-4H,5-8H2,1H3. The summed E-state index contributed by atoms with van der Waals surface area (Å²) < 4.78 is 52.7. The fraction of sp³-hybridized carbons (Fsp3) is 0.500. The van der Waals surface area contributed by atoms with Gasteiger partial charge in [0, 0.05) is 30.7 Å². The highest BCUT2D eigenvalue weighted by molar-refractivity contribution is 7.99. The molecule has 1 aliphatic rings. The van der Waals surface area contributed by atoms with Gasteiger partial charge in [0.05, 0.1) is 6.26 Å². The number of thioether (sulfide) groups is 1. The number of hydrogen-bond donors (Lipinski definition) is 0. The Labute approximate surface area is 122 Å². The maximum absolute atomic E-state index is 12.4. The van der Waals surface area contributed by atoms with Crippen LogP contribution in [-0.4, -0.2) is 57.0 Å². The molecule has 0 aliphatic carbocycles. The van der Waals surface area contributed by atoms with Crippen molar-refractivity contribution in [3.05, 3.63) is 18.2 Å². The zero-order chi connectivity index (χ0) is 14.8. The maximum Gasteiger partial charge on any atom is 0.307 e. The first-order chi connectivity index (χ1) is 9.29. The summed E-state index contributed by atoms with van der Waals surface area (Å²) in [6, 6.07) is 4.03. The lowest BCUT2D eigenvalue weighted by Gasteiger charge is -2.25. The number of aromatic nitrogens is 1. The molecule has 112 valence electrons. The first-order valence-corrected chi connectivity index (χ1v) is 10.1. The Morgan fingerprint density at radius 1 is 1.20 bits per heavy atom. The van der Waals surface area contributed by atoms with Crippen molar-refractivity contribution in [2.45, 2.75) is 5.03 Å². The van der Waals surface area contributed by atoms with Crippen molar-refractivity contribution < 1.29 is 21.0 Å². The summed E-state index contributed by atoms with van der Waals surface area (Å²) in [6.07, 6.45) is 0.873. The van der Waals surface area contributed by atoms with Crippen LogP contribution in [0, 0.1) is 0 Å². The molecule has 7 nitrogen and oxygen atoms in total. The molecule has 1 aromatic heterocycles. The Hall–Kier alpha value is -0.840. The summed E-state index contributed by atoms with van der Waals surface area (Å²) in [7, 11) is -7.44. The Morgan fingerprint density at radius 3 is 2.45 bits per heavy atom. The summed E-state index contributed by atoms with van der Waals surface area (Å²) in [4.78, 5) is 3.77. The molecule has 2 rings (SSSR count). The van der Waals surface area contributed by atoms with E-state index >= 15 is 0 Å². The number of sulfonamides is 1. The third kappa shape index (κ3) is 3.84. The fourth-order valence-corrected chi connectivity index (χ4v) is 4.58. The summed E-state index contributed by atoms with van der Waals surface area (Å²) >= 11 is 1.69. The van der Waals surface area contributed by atoms with E-state index in [1.807, 2.05) is 0 Å². The van der Waals surface area contributed by atoms with E-state index in [-0.39, 0.29) is 10.9 Å². The van der Waals surface area contributed by atoms with Gasteiger partial charge >= 0.3 is 10.1 Å². The van der Waals surface area contributed by atoms with Gasteiger partial charge in [-0.2, -0.15) is 29.5 Å². The van der Waals surface area contributed by atoms with Gasteiger partial charge in [-0.05, 0) is 6.07 Å². The molecule has 0 unspecified atom stereocenters. The number of hydrogen-bond acceptors (Lipinski definition) is 7. The first-order valence-electron chi connectivity index (χ1n) is 5.73. The molecule has 0 bridgehead atoms. The fourth-order valence-electron chi connectivity index (χ4n) is 1.66. The highest BCUT2D eigenvalue weighted by Crippen LogP contribution is 2.20. The van der Waals surface area contributed by atoms with Crippen LogP contribution in [0.4, 0.5) is 0 Å². The molecule has 1 fully saturated rings. The Bertz CT molecular complexity index is 681. The van der Waals surface area contributed by atoms with E-state index in [0.29, 0.717) is 13.1 Å². The van der Waals surface area contributed by atoms with Gasteiger partial charge in [-0.3, -0.25) is 0 Å². The SMILES string of the molecule is CS(=O)(=O)Oc1cccc(S(=O)(=O)N2CCSCC2)n1. The molecule has 10 heteroatoms. The van der Waals surface area contributed by atoms with Gasteiger partial charge in [-0.15, -0.1) is 0 Å². The van der Waals surface area contributed by atoms with Crippen LogP contribution in [0.2, 0.25) is 0 Å². The van der Waals surface area contributed by atoms with Gasteiger partial charge in [0.25, 0.3) is 10.0 Å². The molecule has 1 saturated heterocycles. The molecule has 1 aromatic rings. The Kier molecular flexibility index (Phi) is 4.57. The third-order valence-corrected chi connectivity index (χ3v) is 5.73. The molecule has 0 saturated carbocycles. The lowest BCUT2D eigenvalue weighted by Crippen LogP contribution is -2.38. The lowest BCUT2D eigenvalue weighted by atomic mass is 10.5. The Balaban J connectivity index is 2.30. The maximum atomic E-state index is 12.4. The molecule has 0 spiro atoms. The molecule has 0 radical (unpaired) electrons. The van der Waals surface area contributed by atoms with Gasteiger partial charge in [-0.25, -0.2) is 8.42 Å². The van der Waals surface area contributed by atoms with Gasteiger partial charge in [0.1, 0.15) is 0 Å². The van der Waals surface area contributed by atoms with Crippen LogP contribution in [0.25, 0.3) is 0 Å². The van der Waals surface area contributed by atoms with E-state index < -0.39 is 20.1 Å². The van der Waals surface area contributed by atoms with E-state index in [0.717, 1.165) is 17.8 Å². The van der Waals surface area contributed by atoms with Crippen LogP contribution >= 0.6 is 11.8 Å². The Morgan fingerprint density at radius 2 is 1.85 bits per heavy atom. The predicted octanol–water partition coefficient (Wildman–Crippen LogP) is 0.158. The van der Waals surface area contributed by atoms with Crippen LogP contribution in [0.1, 0.15) is 0 Å². The zero-order valence-corrected chi connectivity index (χ0v) is 13.2. The van der Waals surface area contributed by atoms with Gasteiger partial charge in [0.15, 0.2) is 5.03 Å². The highest BCUT2D eigenvalue weighted by Gasteiger charge is 2.27. The van der Waals surface area contributed by atoms with Crippen LogP contribution < -0.4 is 4.18 Å². The van der Waals surface area contributed by atoms with Crippen LogP contribution in [0.5, 0.6) is 5.88 Å². The summed E-state index contributed by atoms with van der Waals surface area (Å²) in [5.74, 6) is 1.22. The minimum Gasteiger partial charge on any atom is -0.362 e. The summed E-state index contributed by atoms with van der Waals surface area (Å²) in [5, 5.41) is -0.203. The van der Waals surface area contributed by atoms with E-state index in [1.165, 1.54) is 22.5 Å². The minimum absolute atomic E-state index is 0.203. The minimum atomic E-state index is -3.74. The van der Waals surface area contributed by atoms with Crippen molar-refractivity contribution in [3.8, 4) is 5.88 Å². The summed E-state index contributed by atoms with van der Waals surface area (Å²) in [5.41, 5.74) is 0. The average Bonchev–Trinajstić information content (AvgIpc) is 2.38. The second-order valence-corrected chi connectivity index (χ2v) is 8.80. The molecule has 0 aromatic carbocycles. The number of rotatable bonds is 4. The molecule has 0 N–H and O–H groups in total. The smallest absolute Gasteiger partial charge is 0.307 e. The van der Waals surface area contributed by atoms with Gasteiger partial charge in [0.2, 0.25) is 5.88 Å². The monoisotopic (exact) mass is 338 g/mol. The van der Waals surface area contributed by atoms with E-state index in [4.69, 9.17) is 0 Å². The first kappa shape index (κ1) is 15.5. The lowest BCUT2D eigenvalue weighted by molar-refractivity contribution is 0.437. The second-order valence-electron chi connectivity index (χ2n) is 4.12. The average molecular weight is 338 g/mol. The predicted molar refractivity (Wildman–Crippen MR) is 75.8 cm³/mol. The van der Waals surface area contributed by atoms with Crippen molar-refractivity contribution in [3.63, 3.8) is 0 Å². The molecule has 2 heterocycles. The van der Waals surface area contributed by atoms with Crippen molar-refractivity contribution in [2.24, 2.45) is 0 Å². The van der Waals surface area contributed by atoms with Crippen molar-refractivity contribution >= 4 is 31.9 Å². The quantitative estimate of drug-likeness (QED) is 0.722. The van der Waals surface area contributed by atoms with E-state index in [9.17, 15) is 16.8 Å². The van der Waals surface area contributed by atoms with Crippen LogP contribution in [0.15, 0.2) is 23.2 Å². The number of pyridine rings is 1. The molecule has 0 atom stereocenters. The normalized spacial score (nSPS) is 17.9. The third-order valence-electron chi connectivity index (χ3n) is 2.51. The molecule has 1 aliphatic heterocycles. The van der Waals surface area contributed by atoms with Crippen LogP contribution in [-0.2, 0) is 20.1 Å². The number of nitrogens with zero attached hydrogens (tertiary/aromatic N) is 2. The molecular formula is C10H14N2O5S3. The van der Waals surface area contributed by atoms with Crippen molar-refractivity contribution in [2.75, 3.05) is 30.9 Å². The largest absolute Gasteiger partial charge is 0.362 e. The molecule has 0 amide bonds. The van der Waals surface area contributed by atoms with Crippen molar-refractivity contribution in [1.29, 1.82) is 0 Å². The zero-order valence-electron chi connectivity index (χ0n) is 10.7. The van der Waals surface area contributed by atoms with Gasteiger partial charge < -0.3 is 4.18 Å². The van der Waals surface area contributed by atoms with Crippen LogP contribution in [0.3, 0.4) is 0 Å². The van der Waals surface area contributed by atoms with E-state index in [2.05, 4.69) is 9.17 Å². The molecular weight excluding hydrogens is 324 g/mol. The van der Waals surface area contributed by atoms with Crippen molar-refractivity contribution in [1.82, 2.24) is 9.29 Å². The topological polar surface area (TPSA) is 93.6 Å². The van der Waals surface area contributed by atoms with E-state index in [1.54, 1.807) is 11.8 Å². The second kappa shape index (κ2) is 5.88. The van der Waals surface area contributed by atoms with Gasteiger partial charge in [-0.1, -0.05) is 6.07 Å². The summed E-state index contributed by atoms with van der Waals surface area (Å²) in [6.45, 7) is 0.845. The highest BCUT2D eigenvalue weighted by atomic mass is 32.2.